The number of rotatable bonds is 2. The van der Waals surface area contributed by atoms with Crippen molar-refractivity contribution < 1.29 is 9.21 Å². The molecule has 21 heavy (non-hydrogen) atoms. The zero-order valence-corrected chi connectivity index (χ0v) is 13.5. The lowest BCUT2D eigenvalue weighted by molar-refractivity contribution is 0.0933. The molecule has 0 radical (unpaired) electrons. The van der Waals surface area contributed by atoms with Crippen molar-refractivity contribution in [2.75, 3.05) is 5.75 Å². The van der Waals surface area contributed by atoms with Gasteiger partial charge in [-0.2, -0.15) is 0 Å². The van der Waals surface area contributed by atoms with Gasteiger partial charge in [0, 0.05) is 15.7 Å². The quantitative estimate of drug-likeness (QED) is 0.884. The van der Waals surface area contributed by atoms with Crippen LogP contribution in [0.2, 0.25) is 5.02 Å². The molecule has 0 aliphatic carbocycles. The van der Waals surface area contributed by atoms with Gasteiger partial charge in [-0.3, -0.25) is 4.79 Å². The van der Waals surface area contributed by atoms with Gasteiger partial charge in [0.15, 0.2) is 0 Å². The summed E-state index contributed by atoms with van der Waals surface area (Å²) < 4.78 is 5.43. The second-order valence-corrected chi connectivity index (χ2v) is 6.75. The molecule has 1 aliphatic heterocycles. The van der Waals surface area contributed by atoms with E-state index in [0.29, 0.717) is 16.3 Å². The van der Waals surface area contributed by atoms with Crippen molar-refractivity contribution >= 4 is 29.3 Å². The van der Waals surface area contributed by atoms with Gasteiger partial charge in [0.05, 0.1) is 11.6 Å². The molecular weight excluding hydrogens is 306 g/mol. The summed E-state index contributed by atoms with van der Waals surface area (Å²) in [6.45, 7) is 3.65. The second kappa shape index (κ2) is 5.78. The first-order valence-electron chi connectivity index (χ1n) is 6.85. The molecule has 5 heteroatoms. The molecule has 1 aromatic heterocycles. The molecule has 1 atom stereocenters. The minimum absolute atomic E-state index is 0.00190. The molecule has 1 aliphatic rings. The Labute approximate surface area is 133 Å². The van der Waals surface area contributed by atoms with Gasteiger partial charge >= 0.3 is 0 Å². The molecule has 1 N–H and O–H groups in total. The Hall–Kier alpha value is -1.39. The fourth-order valence-corrected chi connectivity index (χ4v) is 3.89. The van der Waals surface area contributed by atoms with Crippen LogP contribution in [0, 0.1) is 13.8 Å². The molecule has 2 heterocycles. The third-order valence-corrected chi connectivity index (χ3v) is 4.96. The first kappa shape index (κ1) is 14.5. The molecule has 1 aromatic carbocycles. The van der Waals surface area contributed by atoms with E-state index in [2.05, 4.69) is 5.32 Å². The standard InChI is InChI=1S/C16H16ClNO2S/c1-9-7-12(10(2)20-9)16(19)18-14-5-6-21-15-4-3-11(17)8-13(14)15/h3-4,7-8,14H,5-6H2,1-2H3,(H,18,19)/t14-/m0/s1. The SMILES string of the molecule is Cc1cc(C(=O)N[C@H]2CCSc3ccc(Cl)cc32)c(C)o1. The molecule has 3 rings (SSSR count). The van der Waals surface area contributed by atoms with Gasteiger partial charge in [0.25, 0.3) is 5.91 Å². The molecule has 0 saturated carbocycles. The second-order valence-electron chi connectivity index (χ2n) is 5.17. The number of halogens is 1. The minimum atomic E-state index is -0.0906. The summed E-state index contributed by atoms with van der Waals surface area (Å²) in [4.78, 5) is 13.6. The smallest absolute Gasteiger partial charge is 0.255 e. The molecular formula is C16H16ClNO2S. The maximum atomic E-state index is 12.4. The van der Waals surface area contributed by atoms with Crippen LogP contribution >= 0.6 is 23.4 Å². The largest absolute Gasteiger partial charge is 0.466 e. The highest BCUT2D eigenvalue weighted by Crippen LogP contribution is 2.37. The number of amides is 1. The molecule has 2 aromatic rings. The highest BCUT2D eigenvalue weighted by Gasteiger charge is 2.24. The molecule has 1 amide bonds. The Balaban J connectivity index is 1.85. The normalized spacial score (nSPS) is 17.4. The number of hydrogen-bond acceptors (Lipinski definition) is 3. The number of carbonyl (C=O) groups excluding carboxylic acids is 1. The third kappa shape index (κ3) is 2.97. The Morgan fingerprint density at radius 2 is 2.19 bits per heavy atom. The lowest BCUT2D eigenvalue weighted by Gasteiger charge is -2.26. The van der Waals surface area contributed by atoms with E-state index in [1.54, 1.807) is 17.8 Å². The average molecular weight is 322 g/mol. The number of aryl methyl sites for hydroxylation is 2. The van der Waals surface area contributed by atoms with Gasteiger partial charge in [-0.1, -0.05) is 11.6 Å². The lowest BCUT2D eigenvalue weighted by Crippen LogP contribution is -2.30. The first-order chi connectivity index (χ1) is 10.0. The summed E-state index contributed by atoms with van der Waals surface area (Å²) >= 11 is 7.89. The van der Waals surface area contributed by atoms with Crippen LogP contribution in [0.25, 0.3) is 0 Å². The predicted molar refractivity (Wildman–Crippen MR) is 85.2 cm³/mol. The van der Waals surface area contributed by atoms with Gasteiger partial charge in [0.2, 0.25) is 0 Å². The Morgan fingerprint density at radius 3 is 2.90 bits per heavy atom. The average Bonchev–Trinajstić information content (AvgIpc) is 2.78. The molecule has 0 fully saturated rings. The van der Waals surface area contributed by atoms with Gasteiger partial charge in [0.1, 0.15) is 11.5 Å². The van der Waals surface area contributed by atoms with Crippen molar-refractivity contribution in [3.63, 3.8) is 0 Å². The summed E-state index contributed by atoms with van der Waals surface area (Å²) in [7, 11) is 0. The van der Waals surface area contributed by atoms with E-state index < -0.39 is 0 Å². The molecule has 0 unspecified atom stereocenters. The molecule has 3 nitrogen and oxygen atoms in total. The lowest BCUT2D eigenvalue weighted by atomic mass is 10.0. The van der Waals surface area contributed by atoms with Crippen molar-refractivity contribution in [1.82, 2.24) is 5.32 Å². The van der Waals surface area contributed by atoms with Crippen LogP contribution in [0.5, 0.6) is 0 Å². The number of hydrogen-bond donors (Lipinski definition) is 1. The van der Waals surface area contributed by atoms with Crippen molar-refractivity contribution in [3.8, 4) is 0 Å². The Bertz CT molecular complexity index is 696. The summed E-state index contributed by atoms with van der Waals surface area (Å²) in [6, 6.07) is 7.64. The van der Waals surface area contributed by atoms with E-state index in [-0.39, 0.29) is 11.9 Å². The maximum Gasteiger partial charge on any atom is 0.255 e. The summed E-state index contributed by atoms with van der Waals surface area (Å²) in [5, 5.41) is 3.80. The van der Waals surface area contributed by atoms with E-state index in [9.17, 15) is 4.79 Å². The highest BCUT2D eigenvalue weighted by molar-refractivity contribution is 7.99. The van der Waals surface area contributed by atoms with E-state index in [0.717, 1.165) is 23.5 Å². The van der Waals surface area contributed by atoms with Crippen LogP contribution in [-0.4, -0.2) is 11.7 Å². The minimum Gasteiger partial charge on any atom is -0.466 e. The zero-order chi connectivity index (χ0) is 15.0. The number of carbonyl (C=O) groups is 1. The number of fused-ring (bicyclic) bond motifs is 1. The van der Waals surface area contributed by atoms with E-state index in [4.69, 9.17) is 16.0 Å². The van der Waals surface area contributed by atoms with Crippen molar-refractivity contribution in [2.24, 2.45) is 0 Å². The topological polar surface area (TPSA) is 42.2 Å². The van der Waals surface area contributed by atoms with E-state index in [1.807, 2.05) is 32.0 Å². The van der Waals surface area contributed by atoms with Crippen LogP contribution in [0.15, 0.2) is 33.6 Å². The molecule has 0 spiro atoms. The van der Waals surface area contributed by atoms with Crippen LogP contribution in [0.3, 0.4) is 0 Å². The Kier molecular flexibility index (Phi) is 4.00. The van der Waals surface area contributed by atoms with Crippen LogP contribution < -0.4 is 5.32 Å². The zero-order valence-electron chi connectivity index (χ0n) is 11.9. The monoisotopic (exact) mass is 321 g/mol. The van der Waals surface area contributed by atoms with Gasteiger partial charge in [-0.15, -0.1) is 11.8 Å². The summed E-state index contributed by atoms with van der Waals surface area (Å²) in [6.07, 6.45) is 0.902. The fourth-order valence-electron chi connectivity index (χ4n) is 2.61. The molecule has 0 saturated heterocycles. The number of benzene rings is 1. The van der Waals surface area contributed by atoms with Gasteiger partial charge < -0.3 is 9.73 Å². The third-order valence-electron chi connectivity index (χ3n) is 3.60. The number of thioether (sulfide) groups is 1. The molecule has 0 bridgehead atoms. The maximum absolute atomic E-state index is 12.4. The van der Waals surface area contributed by atoms with Crippen LogP contribution in [0.1, 0.15) is 39.9 Å². The molecule has 110 valence electrons. The number of furan rings is 1. The summed E-state index contributed by atoms with van der Waals surface area (Å²) in [5.41, 5.74) is 1.71. The van der Waals surface area contributed by atoms with Gasteiger partial charge in [-0.05, 0) is 50.1 Å². The first-order valence-corrected chi connectivity index (χ1v) is 8.21. The van der Waals surface area contributed by atoms with Crippen molar-refractivity contribution in [1.29, 1.82) is 0 Å². The predicted octanol–water partition coefficient (Wildman–Crippen LogP) is 4.52. The Morgan fingerprint density at radius 1 is 1.38 bits per heavy atom. The van der Waals surface area contributed by atoms with Crippen LogP contribution in [0.4, 0.5) is 0 Å². The van der Waals surface area contributed by atoms with E-state index in [1.165, 1.54) is 4.90 Å². The highest BCUT2D eigenvalue weighted by atomic mass is 35.5. The van der Waals surface area contributed by atoms with Crippen molar-refractivity contribution in [2.45, 2.75) is 31.2 Å². The van der Waals surface area contributed by atoms with E-state index >= 15 is 0 Å². The fraction of sp³-hybridized carbons (Fsp3) is 0.312. The number of nitrogens with one attached hydrogen (secondary N) is 1. The van der Waals surface area contributed by atoms with Gasteiger partial charge in [-0.25, -0.2) is 0 Å². The van der Waals surface area contributed by atoms with Crippen molar-refractivity contribution in [3.05, 3.63) is 51.9 Å². The van der Waals surface area contributed by atoms with Crippen LogP contribution in [-0.2, 0) is 0 Å². The summed E-state index contributed by atoms with van der Waals surface area (Å²) in [5.74, 6) is 2.30.